The average Bonchev–Trinajstić information content (AvgIpc) is 2.39. The van der Waals surface area contributed by atoms with E-state index in [0.717, 1.165) is 6.42 Å². The largest absolute Gasteiger partial charge is 0.495 e. The van der Waals surface area contributed by atoms with Crippen LogP contribution in [-0.4, -0.2) is 32.8 Å². The van der Waals surface area contributed by atoms with Gasteiger partial charge in [0.05, 0.1) is 18.8 Å². The van der Waals surface area contributed by atoms with E-state index in [1.54, 1.807) is 26.4 Å². The Morgan fingerprint density at radius 2 is 2.11 bits per heavy atom. The minimum absolute atomic E-state index is 0.212. The molecule has 1 unspecified atom stereocenters. The second kappa shape index (κ2) is 7.68. The van der Waals surface area contributed by atoms with E-state index >= 15 is 0 Å². The highest BCUT2D eigenvalue weighted by Gasteiger charge is 2.14. The fraction of sp³-hybridized carbons (Fsp3) is 0.462. The summed E-state index contributed by atoms with van der Waals surface area (Å²) in [5.74, 6) is 0.408. The molecular formula is C13H20N2O3. The lowest BCUT2D eigenvalue weighted by atomic mass is 10.1. The highest BCUT2D eigenvalue weighted by Crippen LogP contribution is 2.23. The Labute approximate surface area is 107 Å². The van der Waals surface area contributed by atoms with E-state index in [9.17, 15) is 4.79 Å². The average molecular weight is 252 g/mol. The zero-order chi connectivity index (χ0) is 13.4. The maximum absolute atomic E-state index is 11.8. The Kier molecular flexibility index (Phi) is 6.18. The molecule has 5 heteroatoms. The second-order valence-electron chi connectivity index (χ2n) is 3.93. The quantitative estimate of drug-likeness (QED) is 0.719. The summed E-state index contributed by atoms with van der Waals surface area (Å²) >= 11 is 0. The molecule has 0 spiro atoms. The van der Waals surface area contributed by atoms with E-state index in [2.05, 4.69) is 5.32 Å². The van der Waals surface area contributed by atoms with Crippen LogP contribution in [0.4, 0.5) is 5.69 Å². The molecule has 0 aliphatic carbocycles. The first kappa shape index (κ1) is 14.5. The third-order valence-corrected chi connectivity index (χ3v) is 2.57. The number of benzene rings is 1. The van der Waals surface area contributed by atoms with Gasteiger partial charge in [-0.15, -0.1) is 0 Å². The Hall–Kier alpha value is -1.59. The summed E-state index contributed by atoms with van der Waals surface area (Å²) in [6, 6.07) is 6.69. The topological polar surface area (TPSA) is 73.6 Å². The number of hydrogen-bond acceptors (Lipinski definition) is 4. The Morgan fingerprint density at radius 3 is 2.78 bits per heavy atom. The van der Waals surface area contributed by atoms with E-state index in [-0.39, 0.29) is 5.91 Å². The second-order valence-corrected chi connectivity index (χ2v) is 3.93. The van der Waals surface area contributed by atoms with Crippen LogP contribution >= 0.6 is 0 Å². The predicted octanol–water partition coefficient (Wildman–Crippen LogP) is 1.39. The molecular weight excluding hydrogens is 232 g/mol. The van der Waals surface area contributed by atoms with E-state index in [1.807, 2.05) is 12.1 Å². The molecule has 100 valence electrons. The summed E-state index contributed by atoms with van der Waals surface area (Å²) in [6.45, 7) is 0.607. The minimum Gasteiger partial charge on any atom is -0.495 e. The fourth-order valence-electron chi connectivity index (χ4n) is 1.55. The lowest BCUT2D eigenvalue weighted by Crippen LogP contribution is -2.35. The maximum Gasteiger partial charge on any atom is 0.241 e. The van der Waals surface area contributed by atoms with Crippen molar-refractivity contribution in [3.05, 3.63) is 24.3 Å². The van der Waals surface area contributed by atoms with Gasteiger partial charge in [0.2, 0.25) is 5.91 Å². The molecule has 1 atom stereocenters. The zero-order valence-corrected chi connectivity index (χ0v) is 10.8. The summed E-state index contributed by atoms with van der Waals surface area (Å²) < 4.78 is 10.1. The molecule has 1 amide bonds. The number of hydrogen-bond donors (Lipinski definition) is 2. The molecule has 0 saturated carbocycles. The molecule has 1 aromatic rings. The smallest absolute Gasteiger partial charge is 0.241 e. The first-order chi connectivity index (χ1) is 8.69. The van der Waals surface area contributed by atoms with Crippen LogP contribution in [0.15, 0.2) is 24.3 Å². The highest BCUT2D eigenvalue weighted by molar-refractivity contribution is 5.95. The third kappa shape index (κ3) is 4.35. The summed E-state index contributed by atoms with van der Waals surface area (Å²) in [4.78, 5) is 11.8. The van der Waals surface area contributed by atoms with Crippen molar-refractivity contribution in [1.29, 1.82) is 0 Å². The van der Waals surface area contributed by atoms with E-state index < -0.39 is 6.04 Å². The first-order valence-corrected chi connectivity index (χ1v) is 5.87. The summed E-state index contributed by atoms with van der Waals surface area (Å²) in [5, 5.41) is 2.76. The Morgan fingerprint density at radius 1 is 1.39 bits per heavy atom. The number of amides is 1. The number of rotatable bonds is 7. The molecule has 3 N–H and O–H groups in total. The highest BCUT2D eigenvalue weighted by atomic mass is 16.5. The number of nitrogens with two attached hydrogens (primary N) is 1. The van der Waals surface area contributed by atoms with Gasteiger partial charge in [-0.25, -0.2) is 0 Å². The first-order valence-electron chi connectivity index (χ1n) is 5.87. The minimum atomic E-state index is -0.537. The standard InChI is InChI=1S/C13H20N2O3/c1-17-9-5-6-10(14)13(16)15-11-7-3-4-8-12(11)18-2/h3-4,7-8,10H,5-6,9,14H2,1-2H3,(H,15,16). The van der Waals surface area contributed by atoms with Crippen molar-refractivity contribution >= 4 is 11.6 Å². The fourth-order valence-corrected chi connectivity index (χ4v) is 1.55. The molecule has 0 aliphatic heterocycles. The number of anilines is 1. The van der Waals surface area contributed by atoms with Gasteiger partial charge >= 0.3 is 0 Å². The molecule has 18 heavy (non-hydrogen) atoms. The van der Waals surface area contributed by atoms with Gasteiger partial charge in [0.25, 0.3) is 0 Å². The molecule has 0 aromatic heterocycles. The molecule has 5 nitrogen and oxygen atoms in total. The third-order valence-electron chi connectivity index (χ3n) is 2.57. The Bertz CT molecular complexity index is 382. The number of para-hydroxylation sites is 2. The lowest BCUT2D eigenvalue weighted by Gasteiger charge is -2.14. The SMILES string of the molecule is COCCCC(N)C(=O)Nc1ccccc1OC. The molecule has 0 saturated heterocycles. The zero-order valence-electron chi connectivity index (χ0n) is 10.8. The molecule has 1 aromatic carbocycles. The van der Waals surface area contributed by atoms with Crippen LogP contribution in [0, 0.1) is 0 Å². The van der Waals surface area contributed by atoms with Crippen LogP contribution < -0.4 is 15.8 Å². The van der Waals surface area contributed by atoms with Crippen molar-refractivity contribution in [2.24, 2.45) is 5.73 Å². The van der Waals surface area contributed by atoms with Gasteiger partial charge < -0.3 is 20.5 Å². The van der Waals surface area contributed by atoms with E-state index in [1.165, 1.54) is 0 Å². The van der Waals surface area contributed by atoms with Crippen LogP contribution in [0.1, 0.15) is 12.8 Å². The van der Waals surface area contributed by atoms with Gasteiger partial charge in [0.1, 0.15) is 5.75 Å². The van der Waals surface area contributed by atoms with Gasteiger partial charge in [-0.05, 0) is 25.0 Å². The van der Waals surface area contributed by atoms with Crippen LogP contribution in [-0.2, 0) is 9.53 Å². The molecule has 0 heterocycles. The molecule has 0 aliphatic rings. The normalized spacial score (nSPS) is 11.9. The molecule has 0 bridgehead atoms. The van der Waals surface area contributed by atoms with Crippen LogP contribution in [0.2, 0.25) is 0 Å². The van der Waals surface area contributed by atoms with Crippen molar-refractivity contribution in [2.45, 2.75) is 18.9 Å². The van der Waals surface area contributed by atoms with E-state index in [0.29, 0.717) is 24.5 Å². The molecule has 1 rings (SSSR count). The predicted molar refractivity (Wildman–Crippen MR) is 70.7 cm³/mol. The van der Waals surface area contributed by atoms with Crippen LogP contribution in [0.3, 0.4) is 0 Å². The van der Waals surface area contributed by atoms with Gasteiger partial charge in [0.15, 0.2) is 0 Å². The number of ether oxygens (including phenoxy) is 2. The number of carbonyl (C=O) groups excluding carboxylic acids is 1. The summed E-state index contributed by atoms with van der Waals surface area (Å²) in [7, 11) is 3.18. The van der Waals surface area contributed by atoms with Crippen molar-refractivity contribution in [3.8, 4) is 5.75 Å². The van der Waals surface area contributed by atoms with E-state index in [4.69, 9.17) is 15.2 Å². The van der Waals surface area contributed by atoms with Crippen molar-refractivity contribution in [2.75, 3.05) is 26.1 Å². The van der Waals surface area contributed by atoms with Crippen LogP contribution in [0.5, 0.6) is 5.75 Å². The number of carbonyl (C=O) groups is 1. The number of methoxy groups -OCH3 is 2. The van der Waals surface area contributed by atoms with Gasteiger partial charge in [0, 0.05) is 13.7 Å². The molecule has 0 fully saturated rings. The van der Waals surface area contributed by atoms with Gasteiger partial charge in [-0.3, -0.25) is 4.79 Å². The van der Waals surface area contributed by atoms with Gasteiger partial charge in [-0.1, -0.05) is 12.1 Å². The monoisotopic (exact) mass is 252 g/mol. The van der Waals surface area contributed by atoms with Crippen LogP contribution in [0.25, 0.3) is 0 Å². The van der Waals surface area contributed by atoms with Crippen molar-refractivity contribution in [1.82, 2.24) is 0 Å². The lowest BCUT2D eigenvalue weighted by molar-refractivity contribution is -0.117. The number of nitrogens with one attached hydrogen (secondary N) is 1. The van der Waals surface area contributed by atoms with Crippen molar-refractivity contribution in [3.63, 3.8) is 0 Å². The Balaban J connectivity index is 2.53. The summed E-state index contributed by atoms with van der Waals surface area (Å²) in [5.41, 5.74) is 6.42. The summed E-state index contributed by atoms with van der Waals surface area (Å²) in [6.07, 6.45) is 1.35. The van der Waals surface area contributed by atoms with Gasteiger partial charge in [-0.2, -0.15) is 0 Å². The van der Waals surface area contributed by atoms with Crippen molar-refractivity contribution < 1.29 is 14.3 Å². The maximum atomic E-state index is 11.8. The molecule has 0 radical (unpaired) electrons.